The number of hydrogen-bond acceptors (Lipinski definition) is 4. The topological polar surface area (TPSA) is 64.4 Å². The molecular weight excluding hydrogens is 323 g/mol. The number of benzene rings is 1. The molecule has 23 heavy (non-hydrogen) atoms. The minimum Gasteiger partial charge on any atom is -0.382 e. The van der Waals surface area contributed by atoms with Gasteiger partial charge in [-0.1, -0.05) is 22.8 Å². The van der Waals surface area contributed by atoms with Gasteiger partial charge in [0.25, 0.3) is 5.91 Å². The summed E-state index contributed by atoms with van der Waals surface area (Å²) >= 11 is 6.04. The molecule has 0 bridgehead atoms. The summed E-state index contributed by atoms with van der Waals surface area (Å²) in [4.78, 5) is 12.4. The number of carbonyl (C=O) groups excluding carboxylic acids is 1. The van der Waals surface area contributed by atoms with Gasteiger partial charge in [-0.25, -0.2) is 4.39 Å². The van der Waals surface area contributed by atoms with Gasteiger partial charge in [-0.05, 0) is 32.4 Å². The van der Waals surface area contributed by atoms with Crippen molar-refractivity contribution >= 4 is 17.5 Å². The number of carbonyl (C=O) groups is 1. The molecule has 0 saturated carbocycles. The zero-order valence-electron chi connectivity index (χ0n) is 13.0. The molecule has 0 radical (unpaired) electrons. The standard InChI is InChI=1S/C16H18ClFN2O3/c1-3-22-9-5-8-19-16(21)13-10(2)23-20-15(13)14-11(17)6-4-7-12(14)18/h4,6-7H,3,5,8-9H2,1-2H3,(H,19,21). The van der Waals surface area contributed by atoms with Crippen LogP contribution in [0.4, 0.5) is 4.39 Å². The van der Waals surface area contributed by atoms with Crippen LogP contribution in [0.15, 0.2) is 22.7 Å². The first-order chi connectivity index (χ1) is 11.1. The third kappa shape index (κ3) is 4.09. The Morgan fingerprint density at radius 3 is 2.96 bits per heavy atom. The largest absolute Gasteiger partial charge is 0.382 e. The van der Waals surface area contributed by atoms with Crippen molar-refractivity contribution in [3.63, 3.8) is 0 Å². The Bertz CT molecular complexity index is 668. The van der Waals surface area contributed by atoms with Gasteiger partial charge in [0, 0.05) is 19.8 Å². The highest BCUT2D eigenvalue weighted by atomic mass is 35.5. The van der Waals surface area contributed by atoms with Crippen LogP contribution in [-0.2, 0) is 4.74 Å². The molecular formula is C16H18ClFN2O3. The van der Waals surface area contributed by atoms with Crippen molar-refractivity contribution in [3.05, 3.63) is 40.4 Å². The van der Waals surface area contributed by atoms with Crippen molar-refractivity contribution in [2.24, 2.45) is 0 Å². The number of ether oxygens (including phenoxy) is 1. The lowest BCUT2D eigenvalue weighted by Gasteiger charge is -2.07. The van der Waals surface area contributed by atoms with E-state index in [0.717, 1.165) is 0 Å². The highest BCUT2D eigenvalue weighted by Crippen LogP contribution is 2.33. The Kier molecular flexibility index (Phi) is 6.12. The van der Waals surface area contributed by atoms with Crippen LogP contribution in [0.1, 0.15) is 29.5 Å². The van der Waals surface area contributed by atoms with Gasteiger partial charge in [-0.2, -0.15) is 0 Å². The zero-order valence-corrected chi connectivity index (χ0v) is 13.7. The van der Waals surface area contributed by atoms with E-state index in [1.807, 2.05) is 6.92 Å². The molecule has 0 aliphatic carbocycles. The van der Waals surface area contributed by atoms with Gasteiger partial charge < -0.3 is 14.6 Å². The van der Waals surface area contributed by atoms with E-state index in [1.54, 1.807) is 6.92 Å². The summed E-state index contributed by atoms with van der Waals surface area (Å²) in [6.07, 6.45) is 0.680. The maximum Gasteiger partial charge on any atom is 0.257 e. The molecule has 7 heteroatoms. The lowest BCUT2D eigenvalue weighted by molar-refractivity contribution is 0.0943. The van der Waals surface area contributed by atoms with E-state index in [-0.39, 0.29) is 27.8 Å². The summed E-state index contributed by atoms with van der Waals surface area (Å²) in [6.45, 7) is 5.14. The van der Waals surface area contributed by atoms with E-state index < -0.39 is 5.82 Å². The minimum atomic E-state index is -0.559. The predicted molar refractivity (Wildman–Crippen MR) is 85.1 cm³/mol. The van der Waals surface area contributed by atoms with E-state index in [2.05, 4.69) is 10.5 Å². The number of amides is 1. The molecule has 0 saturated heterocycles. The maximum absolute atomic E-state index is 14.1. The van der Waals surface area contributed by atoms with Gasteiger partial charge in [0.1, 0.15) is 22.8 Å². The number of rotatable bonds is 7. The lowest BCUT2D eigenvalue weighted by Crippen LogP contribution is -2.26. The maximum atomic E-state index is 14.1. The number of hydrogen-bond donors (Lipinski definition) is 1. The molecule has 1 amide bonds. The van der Waals surface area contributed by atoms with Gasteiger partial charge in [-0.15, -0.1) is 0 Å². The van der Waals surface area contributed by atoms with Crippen LogP contribution in [0.3, 0.4) is 0 Å². The summed E-state index contributed by atoms with van der Waals surface area (Å²) < 4.78 is 24.3. The monoisotopic (exact) mass is 340 g/mol. The van der Waals surface area contributed by atoms with Crippen molar-refractivity contribution < 1.29 is 18.4 Å². The fraction of sp³-hybridized carbons (Fsp3) is 0.375. The molecule has 0 spiro atoms. The van der Waals surface area contributed by atoms with E-state index in [4.69, 9.17) is 20.9 Å². The van der Waals surface area contributed by atoms with Gasteiger partial charge in [0.15, 0.2) is 0 Å². The normalized spacial score (nSPS) is 10.8. The van der Waals surface area contributed by atoms with E-state index in [9.17, 15) is 9.18 Å². The van der Waals surface area contributed by atoms with Crippen LogP contribution < -0.4 is 5.32 Å². The number of aromatic nitrogens is 1. The molecule has 124 valence electrons. The number of aryl methyl sites for hydroxylation is 1. The van der Waals surface area contributed by atoms with Crippen LogP contribution in [0.25, 0.3) is 11.3 Å². The first-order valence-electron chi connectivity index (χ1n) is 7.32. The third-order valence-electron chi connectivity index (χ3n) is 3.24. The Morgan fingerprint density at radius 1 is 1.48 bits per heavy atom. The Hall–Kier alpha value is -1.92. The summed E-state index contributed by atoms with van der Waals surface area (Å²) in [5.74, 6) is -0.632. The average molecular weight is 341 g/mol. The highest BCUT2D eigenvalue weighted by molar-refractivity contribution is 6.33. The number of nitrogens with one attached hydrogen (secondary N) is 1. The molecule has 5 nitrogen and oxygen atoms in total. The fourth-order valence-electron chi connectivity index (χ4n) is 2.14. The number of nitrogens with zero attached hydrogens (tertiary/aromatic N) is 1. The fourth-order valence-corrected chi connectivity index (χ4v) is 2.40. The summed E-state index contributed by atoms with van der Waals surface area (Å²) in [7, 11) is 0. The highest BCUT2D eigenvalue weighted by Gasteiger charge is 2.25. The molecule has 0 aliphatic rings. The van der Waals surface area contributed by atoms with Gasteiger partial charge >= 0.3 is 0 Å². The van der Waals surface area contributed by atoms with Crippen molar-refractivity contribution in [1.82, 2.24) is 10.5 Å². The van der Waals surface area contributed by atoms with E-state index in [1.165, 1.54) is 18.2 Å². The second-order valence-electron chi connectivity index (χ2n) is 4.87. The molecule has 0 fully saturated rings. The Morgan fingerprint density at radius 2 is 2.26 bits per heavy atom. The quantitative estimate of drug-likeness (QED) is 0.782. The van der Waals surface area contributed by atoms with Crippen molar-refractivity contribution in [2.45, 2.75) is 20.3 Å². The first kappa shape index (κ1) is 17.4. The van der Waals surface area contributed by atoms with Crippen LogP contribution >= 0.6 is 11.6 Å². The van der Waals surface area contributed by atoms with Crippen LogP contribution in [0.5, 0.6) is 0 Å². The second kappa shape index (κ2) is 8.08. The average Bonchev–Trinajstić information content (AvgIpc) is 2.88. The van der Waals surface area contributed by atoms with E-state index >= 15 is 0 Å². The minimum absolute atomic E-state index is 0.0606. The van der Waals surface area contributed by atoms with Crippen LogP contribution in [-0.4, -0.2) is 30.8 Å². The van der Waals surface area contributed by atoms with Gasteiger partial charge in [0.05, 0.1) is 10.6 Å². The Labute approximate surface area is 138 Å². The summed E-state index contributed by atoms with van der Waals surface area (Å²) in [6, 6.07) is 4.28. The first-order valence-corrected chi connectivity index (χ1v) is 7.70. The molecule has 0 aliphatic heterocycles. The van der Waals surface area contributed by atoms with Gasteiger partial charge in [0.2, 0.25) is 0 Å². The van der Waals surface area contributed by atoms with Gasteiger partial charge in [-0.3, -0.25) is 4.79 Å². The smallest absolute Gasteiger partial charge is 0.257 e. The Balaban J connectivity index is 2.20. The lowest BCUT2D eigenvalue weighted by atomic mass is 10.0. The molecule has 1 heterocycles. The summed E-state index contributed by atoms with van der Waals surface area (Å²) in [5.41, 5.74) is 0.354. The van der Waals surface area contributed by atoms with Crippen molar-refractivity contribution in [1.29, 1.82) is 0 Å². The molecule has 0 atom stereocenters. The van der Waals surface area contributed by atoms with Crippen LogP contribution in [0, 0.1) is 12.7 Å². The van der Waals surface area contributed by atoms with Crippen LogP contribution in [0.2, 0.25) is 5.02 Å². The van der Waals surface area contributed by atoms with Crippen molar-refractivity contribution in [2.75, 3.05) is 19.8 Å². The molecule has 1 aromatic heterocycles. The predicted octanol–water partition coefficient (Wildman–Crippen LogP) is 3.60. The SMILES string of the molecule is CCOCCCNC(=O)c1c(-c2c(F)cccc2Cl)noc1C. The van der Waals surface area contributed by atoms with Crippen molar-refractivity contribution in [3.8, 4) is 11.3 Å². The number of halogens is 2. The molecule has 2 rings (SSSR count). The van der Waals surface area contributed by atoms with E-state index in [0.29, 0.717) is 31.9 Å². The molecule has 2 aromatic rings. The third-order valence-corrected chi connectivity index (χ3v) is 3.56. The molecule has 0 unspecified atom stereocenters. The molecule has 1 N–H and O–H groups in total. The molecule has 1 aromatic carbocycles. The zero-order chi connectivity index (χ0) is 16.8. The summed E-state index contributed by atoms with van der Waals surface area (Å²) in [5, 5.41) is 6.72. The second-order valence-corrected chi connectivity index (χ2v) is 5.27.